The molecule has 2 rings (SSSR count). The fourth-order valence-corrected chi connectivity index (χ4v) is 1.94. The second-order valence-electron chi connectivity index (χ2n) is 4.86. The standard InChI is InChI=1S/C16H19F2NO2/c1-3-6-19-9-16-11(2)7-13(21-16)10-20-12-4-5-14(17)15(18)8-12/h4-5,7-8,19H,3,6,9-10H2,1-2H3. The normalized spacial score (nSPS) is 10.9. The lowest BCUT2D eigenvalue weighted by Crippen LogP contribution is -2.13. The van der Waals surface area contributed by atoms with E-state index >= 15 is 0 Å². The number of ether oxygens (including phenoxy) is 1. The van der Waals surface area contributed by atoms with Crippen LogP contribution >= 0.6 is 0 Å². The van der Waals surface area contributed by atoms with Gasteiger partial charge in [0.15, 0.2) is 11.6 Å². The molecular weight excluding hydrogens is 276 g/mol. The molecule has 0 aliphatic carbocycles. The van der Waals surface area contributed by atoms with E-state index in [0.29, 0.717) is 12.3 Å². The minimum absolute atomic E-state index is 0.180. The summed E-state index contributed by atoms with van der Waals surface area (Å²) >= 11 is 0. The van der Waals surface area contributed by atoms with Crippen LogP contribution in [0.2, 0.25) is 0 Å². The molecule has 1 N–H and O–H groups in total. The van der Waals surface area contributed by atoms with Crippen molar-refractivity contribution in [3.05, 3.63) is 53.0 Å². The molecule has 0 radical (unpaired) electrons. The Balaban J connectivity index is 1.93. The Morgan fingerprint density at radius 2 is 2.00 bits per heavy atom. The Kier molecular flexibility index (Phi) is 5.33. The maximum Gasteiger partial charge on any atom is 0.162 e. The predicted octanol–water partition coefficient (Wildman–Crippen LogP) is 3.94. The van der Waals surface area contributed by atoms with E-state index in [2.05, 4.69) is 12.2 Å². The molecule has 114 valence electrons. The first kappa shape index (κ1) is 15.5. The van der Waals surface area contributed by atoms with E-state index in [1.165, 1.54) is 6.07 Å². The molecule has 0 spiro atoms. The third kappa shape index (κ3) is 4.29. The molecule has 0 saturated carbocycles. The average molecular weight is 295 g/mol. The van der Waals surface area contributed by atoms with Crippen LogP contribution < -0.4 is 10.1 Å². The summed E-state index contributed by atoms with van der Waals surface area (Å²) in [6.45, 7) is 5.85. The molecule has 0 bridgehead atoms. The maximum atomic E-state index is 13.1. The molecule has 21 heavy (non-hydrogen) atoms. The van der Waals surface area contributed by atoms with Crippen LogP contribution in [-0.4, -0.2) is 6.54 Å². The summed E-state index contributed by atoms with van der Waals surface area (Å²) in [7, 11) is 0. The Labute approximate surface area is 122 Å². The van der Waals surface area contributed by atoms with Crippen molar-refractivity contribution in [2.75, 3.05) is 6.54 Å². The van der Waals surface area contributed by atoms with Gasteiger partial charge in [-0.3, -0.25) is 0 Å². The van der Waals surface area contributed by atoms with E-state index in [9.17, 15) is 8.78 Å². The minimum atomic E-state index is -0.924. The smallest absolute Gasteiger partial charge is 0.162 e. The molecule has 0 amide bonds. The lowest BCUT2D eigenvalue weighted by Gasteiger charge is -2.04. The van der Waals surface area contributed by atoms with Crippen molar-refractivity contribution in [3.8, 4) is 5.75 Å². The fourth-order valence-electron chi connectivity index (χ4n) is 1.94. The molecule has 0 fully saturated rings. The largest absolute Gasteiger partial charge is 0.486 e. The first-order valence-electron chi connectivity index (χ1n) is 6.97. The van der Waals surface area contributed by atoms with Crippen LogP contribution in [0.25, 0.3) is 0 Å². The number of halogens is 2. The van der Waals surface area contributed by atoms with Gasteiger partial charge in [-0.25, -0.2) is 8.78 Å². The van der Waals surface area contributed by atoms with Crippen molar-refractivity contribution in [2.45, 2.75) is 33.4 Å². The molecule has 0 unspecified atom stereocenters. The molecule has 1 aromatic carbocycles. The number of hydrogen-bond acceptors (Lipinski definition) is 3. The summed E-state index contributed by atoms with van der Waals surface area (Å²) in [5, 5.41) is 3.27. The Morgan fingerprint density at radius 1 is 1.19 bits per heavy atom. The number of benzene rings is 1. The highest BCUT2D eigenvalue weighted by Gasteiger charge is 2.09. The molecule has 1 heterocycles. The third-order valence-corrected chi connectivity index (χ3v) is 3.06. The van der Waals surface area contributed by atoms with Gasteiger partial charge >= 0.3 is 0 Å². The Morgan fingerprint density at radius 3 is 2.71 bits per heavy atom. The van der Waals surface area contributed by atoms with Gasteiger partial charge in [-0.05, 0) is 43.7 Å². The van der Waals surface area contributed by atoms with Crippen molar-refractivity contribution in [1.82, 2.24) is 5.32 Å². The summed E-state index contributed by atoms with van der Waals surface area (Å²) in [6.07, 6.45) is 1.06. The highest BCUT2D eigenvalue weighted by Crippen LogP contribution is 2.19. The van der Waals surface area contributed by atoms with Crippen LogP contribution in [0.3, 0.4) is 0 Å². The quantitative estimate of drug-likeness (QED) is 0.786. The Bertz CT molecular complexity index is 596. The molecule has 3 nitrogen and oxygen atoms in total. The van der Waals surface area contributed by atoms with Crippen molar-refractivity contribution >= 4 is 0 Å². The summed E-state index contributed by atoms with van der Waals surface area (Å²) in [6, 6.07) is 5.34. The number of rotatable bonds is 7. The second-order valence-corrected chi connectivity index (χ2v) is 4.86. The molecule has 5 heteroatoms. The average Bonchev–Trinajstić information content (AvgIpc) is 2.81. The van der Waals surface area contributed by atoms with Crippen molar-refractivity contribution < 1.29 is 17.9 Å². The molecule has 0 aliphatic rings. The highest BCUT2D eigenvalue weighted by atomic mass is 19.2. The lowest BCUT2D eigenvalue weighted by atomic mass is 10.2. The second kappa shape index (κ2) is 7.22. The SMILES string of the molecule is CCCNCc1oc(COc2ccc(F)c(F)c2)cc1C. The summed E-state index contributed by atoms with van der Waals surface area (Å²) in [4.78, 5) is 0. The van der Waals surface area contributed by atoms with Gasteiger partial charge in [-0.1, -0.05) is 6.92 Å². The monoisotopic (exact) mass is 295 g/mol. The maximum absolute atomic E-state index is 13.1. The molecule has 0 atom stereocenters. The molecule has 2 aromatic rings. The predicted molar refractivity (Wildman–Crippen MR) is 76.1 cm³/mol. The molecular formula is C16H19F2NO2. The van der Waals surface area contributed by atoms with Crippen LogP contribution in [0.5, 0.6) is 5.75 Å². The highest BCUT2D eigenvalue weighted by molar-refractivity contribution is 5.24. The van der Waals surface area contributed by atoms with Crippen LogP contribution in [0.4, 0.5) is 8.78 Å². The van der Waals surface area contributed by atoms with Gasteiger partial charge in [0, 0.05) is 6.07 Å². The van der Waals surface area contributed by atoms with E-state index in [-0.39, 0.29) is 12.4 Å². The lowest BCUT2D eigenvalue weighted by molar-refractivity contribution is 0.263. The number of hydrogen-bond donors (Lipinski definition) is 1. The van der Waals surface area contributed by atoms with Gasteiger partial charge in [0.05, 0.1) is 6.54 Å². The zero-order valence-corrected chi connectivity index (χ0v) is 12.2. The van der Waals surface area contributed by atoms with Crippen LogP contribution in [-0.2, 0) is 13.2 Å². The fraction of sp³-hybridized carbons (Fsp3) is 0.375. The van der Waals surface area contributed by atoms with E-state index in [0.717, 1.165) is 36.4 Å². The van der Waals surface area contributed by atoms with Crippen LogP contribution in [0, 0.1) is 18.6 Å². The van der Waals surface area contributed by atoms with Crippen molar-refractivity contribution in [2.24, 2.45) is 0 Å². The molecule has 0 aliphatic heterocycles. The summed E-state index contributed by atoms with van der Waals surface area (Å²) in [5.41, 5.74) is 1.04. The number of nitrogens with one attached hydrogen (secondary N) is 1. The van der Waals surface area contributed by atoms with Crippen LogP contribution in [0.15, 0.2) is 28.7 Å². The van der Waals surface area contributed by atoms with Gasteiger partial charge < -0.3 is 14.5 Å². The van der Waals surface area contributed by atoms with Crippen LogP contribution in [0.1, 0.15) is 30.4 Å². The zero-order chi connectivity index (χ0) is 15.2. The van der Waals surface area contributed by atoms with Gasteiger partial charge in [-0.15, -0.1) is 0 Å². The van der Waals surface area contributed by atoms with Crippen molar-refractivity contribution in [1.29, 1.82) is 0 Å². The minimum Gasteiger partial charge on any atom is -0.486 e. The van der Waals surface area contributed by atoms with Gasteiger partial charge in [0.25, 0.3) is 0 Å². The van der Waals surface area contributed by atoms with Crippen molar-refractivity contribution in [3.63, 3.8) is 0 Å². The number of furan rings is 1. The Hall–Kier alpha value is -1.88. The van der Waals surface area contributed by atoms with E-state index in [4.69, 9.17) is 9.15 Å². The summed E-state index contributed by atoms with van der Waals surface area (Å²) < 4.78 is 37.0. The van der Waals surface area contributed by atoms with E-state index < -0.39 is 11.6 Å². The van der Waals surface area contributed by atoms with Gasteiger partial charge in [-0.2, -0.15) is 0 Å². The summed E-state index contributed by atoms with van der Waals surface area (Å²) in [5.74, 6) is -0.0143. The topological polar surface area (TPSA) is 34.4 Å². The first-order valence-corrected chi connectivity index (χ1v) is 6.97. The van der Waals surface area contributed by atoms with Gasteiger partial charge in [0.1, 0.15) is 23.9 Å². The molecule has 1 aromatic heterocycles. The first-order chi connectivity index (χ1) is 10.1. The number of aryl methyl sites for hydroxylation is 1. The third-order valence-electron chi connectivity index (χ3n) is 3.06. The molecule has 0 saturated heterocycles. The van der Waals surface area contributed by atoms with E-state index in [1.807, 2.05) is 13.0 Å². The van der Waals surface area contributed by atoms with Gasteiger partial charge in [0.2, 0.25) is 0 Å². The zero-order valence-electron chi connectivity index (χ0n) is 12.2. The van der Waals surface area contributed by atoms with E-state index in [1.54, 1.807) is 0 Å².